The Morgan fingerprint density at radius 3 is 2.61 bits per heavy atom. The number of carbonyl (C=O) groups excluding carboxylic acids is 1. The number of carbonyl (C=O) groups is 1. The molecule has 142 valence electrons. The minimum absolute atomic E-state index is 0.0905. The number of hydrogen-bond donors (Lipinski definition) is 1. The zero-order chi connectivity index (χ0) is 19.5. The lowest BCUT2D eigenvalue weighted by Gasteiger charge is -2.12. The molecule has 1 N–H and O–H groups in total. The van der Waals surface area contributed by atoms with Gasteiger partial charge < -0.3 is 14.5 Å². The van der Waals surface area contributed by atoms with Crippen LogP contribution in [0.3, 0.4) is 0 Å². The van der Waals surface area contributed by atoms with Crippen LogP contribution >= 0.6 is 0 Å². The molecule has 0 spiro atoms. The second-order valence-corrected chi connectivity index (χ2v) is 6.62. The largest absolute Gasteiger partial charge is 0.355 e. The second-order valence-electron chi connectivity index (χ2n) is 6.62. The highest BCUT2D eigenvalue weighted by molar-refractivity contribution is 5.94. The minimum atomic E-state index is -0.0905. The molecule has 0 aliphatic carbocycles. The highest BCUT2D eigenvalue weighted by Gasteiger charge is 2.13. The lowest BCUT2D eigenvalue weighted by molar-refractivity contribution is 0.0963. The number of hydrogen-bond acceptors (Lipinski definition) is 3. The summed E-state index contributed by atoms with van der Waals surface area (Å²) in [6.45, 7) is 3.73. The van der Waals surface area contributed by atoms with E-state index in [1.807, 2.05) is 54.9 Å². The molecule has 0 unspecified atom stereocenters. The predicted molar refractivity (Wildman–Crippen MR) is 110 cm³/mol. The molecule has 2 heterocycles. The molecule has 0 aliphatic rings. The van der Waals surface area contributed by atoms with Gasteiger partial charge in [0, 0.05) is 50.1 Å². The van der Waals surface area contributed by atoms with Crippen molar-refractivity contribution in [2.24, 2.45) is 0 Å². The molecule has 0 atom stereocenters. The molecule has 28 heavy (non-hydrogen) atoms. The summed E-state index contributed by atoms with van der Waals surface area (Å²) in [4.78, 5) is 21.1. The van der Waals surface area contributed by atoms with E-state index < -0.39 is 0 Å². The third-order valence-electron chi connectivity index (χ3n) is 4.97. The number of aryl methyl sites for hydroxylation is 3. The number of fused-ring (bicyclic) bond motifs is 1. The molecular weight excluding hydrogens is 350 g/mol. The SMILES string of the molecule is CCc1nccn1CCn1c(-c2ccc(C(=O)NC)cc2)nc2ccccc21. The normalized spacial score (nSPS) is 11.1. The maximum atomic E-state index is 11.8. The Labute approximate surface area is 163 Å². The van der Waals surface area contributed by atoms with E-state index in [1.54, 1.807) is 7.05 Å². The Balaban J connectivity index is 1.72. The van der Waals surface area contributed by atoms with E-state index in [1.165, 1.54) is 0 Å². The van der Waals surface area contributed by atoms with Gasteiger partial charge in [-0.2, -0.15) is 0 Å². The van der Waals surface area contributed by atoms with Crippen LogP contribution in [0.25, 0.3) is 22.4 Å². The average Bonchev–Trinajstić information content (AvgIpc) is 3.35. The summed E-state index contributed by atoms with van der Waals surface area (Å²) in [7, 11) is 1.64. The van der Waals surface area contributed by atoms with Crippen molar-refractivity contribution in [3.8, 4) is 11.4 Å². The topological polar surface area (TPSA) is 64.7 Å². The third kappa shape index (κ3) is 3.29. The Hall–Kier alpha value is -3.41. The van der Waals surface area contributed by atoms with Crippen LogP contribution in [-0.4, -0.2) is 32.1 Å². The Kier molecular flexibility index (Phi) is 4.93. The van der Waals surface area contributed by atoms with E-state index in [0.717, 1.165) is 47.8 Å². The van der Waals surface area contributed by atoms with Crippen LogP contribution in [0, 0.1) is 0 Å². The number of rotatable bonds is 6. The van der Waals surface area contributed by atoms with Crippen molar-refractivity contribution in [3.05, 3.63) is 72.3 Å². The summed E-state index contributed by atoms with van der Waals surface area (Å²) in [6.07, 6.45) is 4.78. The number of imidazole rings is 2. The van der Waals surface area contributed by atoms with Gasteiger partial charge in [-0.3, -0.25) is 4.79 Å². The van der Waals surface area contributed by atoms with Crippen molar-refractivity contribution < 1.29 is 4.79 Å². The molecule has 2 aromatic carbocycles. The van der Waals surface area contributed by atoms with Crippen LogP contribution in [0.2, 0.25) is 0 Å². The van der Waals surface area contributed by atoms with Gasteiger partial charge in [-0.15, -0.1) is 0 Å². The van der Waals surface area contributed by atoms with Crippen molar-refractivity contribution in [3.63, 3.8) is 0 Å². The summed E-state index contributed by atoms with van der Waals surface area (Å²) in [6, 6.07) is 15.7. The molecule has 0 fully saturated rings. The number of amides is 1. The maximum absolute atomic E-state index is 11.8. The number of nitrogens with one attached hydrogen (secondary N) is 1. The number of aromatic nitrogens is 4. The van der Waals surface area contributed by atoms with Crippen LogP contribution in [0.1, 0.15) is 23.1 Å². The lowest BCUT2D eigenvalue weighted by Crippen LogP contribution is -2.17. The molecule has 6 nitrogen and oxygen atoms in total. The fourth-order valence-electron chi connectivity index (χ4n) is 3.50. The molecule has 0 saturated carbocycles. The molecule has 6 heteroatoms. The molecule has 0 radical (unpaired) electrons. The second kappa shape index (κ2) is 7.68. The monoisotopic (exact) mass is 373 g/mol. The van der Waals surface area contributed by atoms with Gasteiger partial charge in [0.15, 0.2) is 0 Å². The molecule has 4 aromatic rings. The Bertz CT molecular complexity index is 1110. The highest BCUT2D eigenvalue weighted by Crippen LogP contribution is 2.25. The predicted octanol–water partition coefficient (Wildman–Crippen LogP) is 3.52. The molecule has 2 aromatic heterocycles. The van der Waals surface area contributed by atoms with Crippen LogP contribution in [0.15, 0.2) is 60.9 Å². The van der Waals surface area contributed by atoms with Crippen LogP contribution < -0.4 is 5.32 Å². The van der Waals surface area contributed by atoms with Gasteiger partial charge in [-0.25, -0.2) is 9.97 Å². The summed E-state index contributed by atoms with van der Waals surface area (Å²) in [5.74, 6) is 1.90. The van der Waals surface area contributed by atoms with Gasteiger partial charge >= 0.3 is 0 Å². The van der Waals surface area contributed by atoms with Crippen molar-refractivity contribution >= 4 is 16.9 Å². The molecule has 0 saturated heterocycles. The molecule has 0 aliphatic heterocycles. The first-order chi connectivity index (χ1) is 13.7. The van der Waals surface area contributed by atoms with Crippen LogP contribution in [0.5, 0.6) is 0 Å². The molecule has 4 rings (SSSR count). The van der Waals surface area contributed by atoms with Gasteiger partial charge in [0.05, 0.1) is 11.0 Å². The first-order valence-electron chi connectivity index (χ1n) is 9.49. The lowest BCUT2D eigenvalue weighted by atomic mass is 10.1. The first-order valence-corrected chi connectivity index (χ1v) is 9.49. The van der Waals surface area contributed by atoms with Crippen molar-refractivity contribution in [2.45, 2.75) is 26.4 Å². The van der Waals surface area contributed by atoms with Gasteiger partial charge in [0.1, 0.15) is 11.6 Å². The summed E-state index contributed by atoms with van der Waals surface area (Å²) in [5.41, 5.74) is 3.70. The maximum Gasteiger partial charge on any atom is 0.251 e. The van der Waals surface area contributed by atoms with E-state index >= 15 is 0 Å². The minimum Gasteiger partial charge on any atom is -0.355 e. The first kappa shape index (κ1) is 18.0. The van der Waals surface area contributed by atoms with Gasteiger partial charge in [-0.05, 0) is 24.3 Å². The molecular formula is C22H23N5O. The number of benzene rings is 2. The Morgan fingerprint density at radius 2 is 1.86 bits per heavy atom. The van der Waals surface area contributed by atoms with Crippen molar-refractivity contribution in [1.82, 2.24) is 24.4 Å². The average molecular weight is 373 g/mol. The zero-order valence-corrected chi connectivity index (χ0v) is 16.1. The fraction of sp³-hybridized carbons (Fsp3) is 0.227. The van der Waals surface area contributed by atoms with E-state index in [-0.39, 0.29) is 5.91 Å². The van der Waals surface area contributed by atoms with Gasteiger partial charge in [0.2, 0.25) is 0 Å². The number of nitrogens with zero attached hydrogens (tertiary/aromatic N) is 4. The Morgan fingerprint density at radius 1 is 1.07 bits per heavy atom. The van der Waals surface area contributed by atoms with Crippen molar-refractivity contribution in [2.75, 3.05) is 7.05 Å². The van der Waals surface area contributed by atoms with E-state index in [2.05, 4.69) is 32.4 Å². The van der Waals surface area contributed by atoms with E-state index in [9.17, 15) is 4.79 Å². The fourth-order valence-corrected chi connectivity index (χ4v) is 3.50. The quantitative estimate of drug-likeness (QED) is 0.562. The van der Waals surface area contributed by atoms with Gasteiger partial charge in [-0.1, -0.05) is 31.2 Å². The van der Waals surface area contributed by atoms with Crippen molar-refractivity contribution in [1.29, 1.82) is 0 Å². The van der Waals surface area contributed by atoms with E-state index in [4.69, 9.17) is 4.98 Å². The summed E-state index contributed by atoms with van der Waals surface area (Å²) >= 11 is 0. The zero-order valence-electron chi connectivity index (χ0n) is 16.1. The van der Waals surface area contributed by atoms with Gasteiger partial charge in [0.25, 0.3) is 5.91 Å². The standard InChI is InChI=1S/C22H23N5O/c1-3-20-24-12-13-26(20)14-15-27-19-7-5-4-6-18(19)25-21(27)16-8-10-17(11-9-16)22(28)23-2/h4-13H,3,14-15H2,1-2H3,(H,23,28). The highest BCUT2D eigenvalue weighted by atomic mass is 16.1. The van der Waals surface area contributed by atoms with Crippen LogP contribution in [-0.2, 0) is 19.5 Å². The summed E-state index contributed by atoms with van der Waals surface area (Å²) in [5, 5.41) is 2.65. The third-order valence-corrected chi connectivity index (χ3v) is 4.97. The van der Waals surface area contributed by atoms with Crippen LogP contribution in [0.4, 0.5) is 0 Å². The number of para-hydroxylation sites is 2. The molecule has 0 bridgehead atoms. The van der Waals surface area contributed by atoms with E-state index in [0.29, 0.717) is 5.56 Å². The smallest absolute Gasteiger partial charge is 0.251 e. The summed E-state index contributed by atoms with van der Waals surface area (Å²) < 4.78 is 4.43. The molecule has 1 amide bonds.